The summed E-state index contributed by atoms with van der Waals surface area (Å²) in [4.78, 5) is 14.4. The molecule has 1 aromatic heterocycles. The topological polar surface area (TPSA) is 45.5 Å². The Bertz CT molecular complexity index is 855. The van der Waals surface area contributed by atoms with E-state index >= 15 is 0 Å². The fraction of sp³-hybridized carbons (Fsp3) is 0.542. The molecule has 3 rings (SSSR count). The summed E-state index contributed by atoms with van der Waals surface area (Å²) >= 11 is 0. The van der Waals surface area contributed by atoms with Crippen molar-refractivity contribution in [2.75, 3.05) is 6.54 Å². The minimum atomic E-state index is -4.36. The van der Waals surface area contributed by atoms with Crippen LogP contribution in [0.15, 0.2) is 40.8 Å². The predicted molar refractivity (Wildman–Crippen MR) is 113 cm³/mol. The second-order valence-electron chi connectivity index (χ2n) is 8.76. The van der Waals surface area contributed by atoms with Crippen LogP contribution in [0.2, 0.25) is 0 Å². The lowest BCUT2D eigenvalue weighted by Gasteiger charge is -2.34. The van der Waals surface area contributed by atoms with Crippen molar-refractivity contribution in [1.82, 2.24) is 10.2 Å². The SMILES string of the molecule is CC(C)CNC(=O)c1ccc(CN(Cc2cccc(C(F)(F)F)c2)C2CCCCC2)o1. The van der Waals surface area contributed by atoms with E-state index in [0.29, 0.717) is 36.9 Å². The van der Waals surface area contributed by atoms with E-state index in [0.717, 1.165) is 31.7 Å². The standard InChI is InChI=1S/C24H31F3N2O2/c1-17(2)14-28-23(30)22-12-11-21(31-22)16-29(20-9-4-3-5-10-20)15-18-7-6-8-19(13-18)24(25,26)27/h6-8,11-13,17,20H,3-5,9-10,14-16H2,1-2H3,(H,28,30). The fourth-order valence-corrected chi connectivity index (χ4v) is 4.01. The summed E-state index contributed by atoms with van der Waals surface area (Å²) in [6.07, 6.45) is 1.10. The summed E-state index contributed by atoms with van der Waals surface area (Å²) in [5.74, 6) is 1.00. The predicted octanol–water partition coefficient (Wildman–Crippen LogP) is 6.02. The molecule has 1 aromatic carbocycles. The van der Waals surface area contributed by atoms with Crippen molar-refractivity contribution in [3.8, 4) is 0 Å². The highest BCUT2D eigenvalue weighted by atomic mass is 19.4. The molecule has 1 aliphatic rings. The Labute approximate surface area is 181 Å². The molecule has 0 atom stereocenters. The van der Waals surface area contributed by atoms with Crippen LogP contribution in [-0.4, -0.2) is 23.4 Å². The third kappa shape index (κ3) is 6.86. The number of nitrogens with one attached hydrogen (secondary N) is 1. The van der Waals surface area contributed by atoms with E-state index in [4.69, 9.17) is 4.42 Å². The van der Waals surface area contributed by atoms with Crippen molar-refractivity contribution in [3.05, 3.63) is 59.0 Å². The van der Waals surface area contributed by atoms with E-state index < -0.39 is 11.7 Å². The maximum absolute atomic E-state index is 13.1. The van der Waals surface area contributed by atoms with E-state index in [2.05, 4.69) is 10.2 Å². The summed E-state index contributed by atoms with van der Waals surface area (Å²) in [6.45, 7) is 5.47. The van der Waals surface area contributed by atoms with Crippen molar-refractivity contribution < 1.29 is 22.4 Å². The van der Waals surface area contributed by atoms with Crippen molar-refractivity contribution in [2.24, 2.45) is 5.92 Å². The summed E-state index contributed by atoms with van der Waals surface area (Å²) in [7, 11) is 0. The average molecular weight is 437 g/mol. The van der Waals surface area contributed by atoms with Gasteiger partial charge in [0.15, 0.2) is 5.76 Å². The highest BCUT2D eigenvalue weighted by Gasteiger charge is 2.31. The number of carbonyl (C=O) groups is 1. The van der Waals surface area contributed by atoms with Gasteiger partial charge in [0.2, 0.25) is 0 Å². The Morgan fingerprint density at radius 2 is 1.87 bits per heavy atom. The van der Waals surface area contributed by atoms with Crippen LogP contribution in [0.1, 0.15) is 73.4 Å². The van der Waals surface area contributed by atoms with Gasteiger partial charge in [-0.3, -0.25) is 9.69 Å². The number of furan rings is 1. The third-order valence-electron chi connectivity index (χ3n) is 5.65. The lowest BCUT2D eigenvalue weighted by molar-refractivity contribution is -0.137. The number of halogens is 3. The smallest absolute Gasteiger partial charge is 0.416 e. The molecule has 0 radical (unpaired) electrons. The Morgan fingerprint density at radius 1 is 1.13 bits per heavy atom. The van der Waals surface area contributed by atoms with Crippen molar-refractivity contribution in [3.63, 3.8) is 0 Å². The molecule has 7 heteroatoms. The molecule has 1 amide bonds. The highest BCUT2D eigenvalue weighted by Crippen LogP contribution is 2.31. The lowest BCUT2D eigenvalue weighted by Crippen LogP contribution is -2.35. The number of rotatable bonds is 8. The van der Waals surface area contributed by atoms with Crippen LogP contribution in [0.4, 0.5) is 13.2 Å². The van der Waals surface area contributed by atoms with E-state index in [1.165, 1.54) is 18.6 Å². The summed E-state index contributed by atoms with van der Waals surface area (Å²) < 4.78 is 45.2. The largest absolute Gasteiger partial charge is 0.455 e. The zero-order valence-electron chi connectivity index (χ0n) is 18.2. The van der Waals surface area contributed by atoms with Crippen LogP contribution in [0, 0.1) is 5.92 Å². The van der Waals surface area contributed by atoms with Gasteiger partial charge in [-0.15, -0.1) is 0 Å². The molecule has 1 heterocycles. The Balaban J connectivity index is 1.74. The van der Waals surface area contributed by atoms with Gasteiger partial charge in [-0.05, 0) is 42.5 Å². The van der Waals surface area contributed by atoms with E-state index in [1.807, 2.05) is 13.8 Å². The Hall–Kier alpha value is -2.28. The van der Waals surface area contributed by atoms with Gasteiger partial charge < -0.3 is 9.73 Å². The highest BCUT2D eigenvalue weighted by molar-refractivity contribution is 5.91. The second kappa shape index (κ2) is 10.4. The maximum Gasteiger partial charge on any atom is 0.416 e. The first-order chi connectivity index (χ1) is 14.7. The number of hydrogen-bond donors (Lipinski definition) is 1. The number of amides is 1. The van der Waals surface area contributed by atoms with Gasteiger partial charge in [0.1, 0.15) is 5.76 Å². The van der Waals surface area contributed by atoms with Gasteiger partial charge in [-0.1, -0.05) is 51.3 Å². The van der Waals surface area contributed by atoms with Gasteiger partial charge in [-0.25, -0.2) is 0 Å². The zero-order valence-corrected chi connectivity index (χ0v) is 18.2. The summed E-state index contributed by atoms with van der Waals surface area (Å²) in [5.41, 5.74) is -0.00226. The number of carbonyl (C=O) groups excluding carboxylic acids is 1. The molecule has 2 aromatic rings. The molecule has 0 saturated heterocycles. The molecule has 1 fully saturated rings. The quantitative estimate of drug-likeness (QED) is 0.550. The molecule has 170 valence electrons. The molecule has 4 nitrogen and oxygen atoms in total. The minimum Gasteiger partial charge on any atom is -0.455 e. The molecular weight excluding hydrogens is 405 g/mol. The zero-order chi connectivity index (χ0) is 22.4. The van der Waals surface area contributed by atoms with Crippen LogP contribution in [0.25, 0.3) is 0 Å². The van der Waals surface area contributed by atoms with Gasteiger partial charge >= 0.3 is 6.18 Å². The first-order valence-electron chi connectivity index (χ1n) is 11.0. The Kier molecular flexibility index (Phi) is 7.81. The number of benzene rings is 1. The van der Waals surface area contributed by atoms with Crippen molar-refractivity contribution in [2.45, 2.75) is 71.3 Å². The van der Waals surface area contributed by atoms with E-state index in [1.54, 1.807) is 18.2 Å². The maximum atomic E-state index is 13.1. The van der Waals surface area contributed by atoms with Crippen molar-refractivity contribution in [1.29, 1.82) is 0 Å². The van der Waals surface area contributed by atoms with Crippen LogP contribution in [-0.2, 0) is 19.3 Å². The van der Waals surface area contributed by atoms with Crippen molar-refractivity contribution >= 4 is 5.91 Å². The monoisotopic (exact) mass is 436 g/mol. The third-order valence-corrected chi connectivity index (χ3v) is 5.65. The van der Waals surface area contributed by atoms with Crippen LogP contribution in [0.5, 0.6) is 0 Å². The molecule has 0 unspecified atom stereocenters. The number of hydrogen-bond acceptors (Lipinski definition) is 3. The van der Waals surface area contributed by atoms with Gasteiger partial charge in [-0.2, -0.15) is 13.2 Å². The number of alkyl halides is 3. The summed E-state index contributed by atoms with van der Waals surface area (Å²) in [6, 6.07) is 9.25. The van der Waals surface area contributed by atoms with Gasteiger partial charge in [0.25, 0.3) is 5.91 Å². The molecule has 0 bridgehead atoms. The Morgan fingerprint density at radius 3 is 2.55 bits per heavy atom. The summed E-state index contributed by atoms with van der Waals surface area (Å²) in [5, 5.41) is 2.84. The molecule has 1 saturated carbocycles. The normalized spacial score (nSPS) is 15.6. The van der Waals surface area contributed by atoms with Gasteiger partial charge in [0, 0.05) is 19.1 Å². The molecule has 0 aliphatic heterocycles. The first-order valence-corrected chi connectivity index (χ1v) is 11.0. The number of nitrogens with zero attached hydrogens (tertiary/aromatic N) is 1. The van der Waals surface area contributed by atoms with Crippen LogP contribution >= 0.6 is 0 Å². The molecule has 1 N–H and O–H groups in total. The fourth-order valence-electron chi connectivity index (χ4n) is 4.01. The average Bonchev–Trinajstić information content (AvgIpc) is 3.20. The molecular formula is C24H31F3N2O2. The molecule has 0 spiro atoms. The molecule has 1 aliphatic carbocycles. The van der Waals surface area contributed by atoms with E-state index in [-0.39, 0.29) is 17.7 Å². The van der Waals surface area contributed by atoms with Crippen LogP contribution < -0.4 is 5.32 Å². The minimum absolute atomic E-state index is 0.248. The first kappa shape index (κ1) is 23.4. The van der Waals surface area contributed by atoms with E-state index in [9.17, 15) is 18.0 Å². The lowest BCUT2D eigenvalue weighted by atomic mass is 9.93. The molecule has 31 heavy (non-hydrogen) atoms. The van der Waals surface area contributed by atoms with Crippen LogP contribution in [0.3, 0.4) is 0 Å². The van der Waals surface area contributed by atoms with Gasteiger partial charge in [0.05, 0.1) is 12.1 Å². The second-order valence-corrected chi connectivity index (χ2v) is 8.76.